The van der Waals surface area contributed by atoms with Crippen LogP contribution in [0.5, 0.6) is 0 Å². The van der Waals surface area contributed by atoms with Gasteiger partial charge in [-0.15, -0.1) is 0 Å². The molecule has 0 spiro atoms. The first-order valence-corrected chi connectivity index (χ1v) is 25.6. The number of carbonyl (C=O) groups excluding carboxylic acids is 1. The number of hydrazone groups is 1. The Morgan fingerprint density at radius 3 is 1.47 bits per heavy atom. The van der Waals surface area contributed by atoms with Gasteiger partial charge in [-0.05, 0) is 95.5 Å². The number of para-hydroxylation sites is 1. The predicted molar refractivity (Wildman–Crippen MR) is 233 cm³/mol. The van der Waals surface area contributed by atoms with Crippen LogP contribution < -0.4 is 174 Å². The first kappa shape index (κ1) is 68.2. The Hall–Kier alpha value is -1.89. The topological polar surface area (TPSA) is 453 Å². The SMILES string of the molecule is O=C1/C(=N/Nc2ccccc2S(=O)(=O)[O-])C(S(=O)(=O)[O-])=Cc2cc(S(=O)(=O)[O-])cc(Nc3nc(Cl)nc(Nc4ccc(Nc5nc(Cl)nc(Nc6cccc(S(=O)(=O)[O-])c6)n5)cc4S(=O)(=O)[O-])n3)c21.[Na+].[Na+].[Na+].[Na+].[Na+]. The molecule has 0 aliphatic heterocycles. The maximum absolute atomic E-state index is 14.1. The first-order chi connectivity index (χ1) is 32.0. The number of benzene rings is 4. The van der Waals surface area contributed by atoms with Gasteiger partial charge in [0.25, 0.3) is 0 Å². The van der Waals surface area contributed by atoms with E-state index >= 15 is 0 Å². The zero-order valence-corrected chi connectivity index (χ0v) is 53.6. The van der Waals surface area contributed by atoms with Crippen molar-refractivity contribution in [2.24, 2.45) is 5.10 Å². The maximum Gasteiger partial charge on any atom is 1.00 e. The van der Waals surface area contributed by atoms with Crippen molar-refractivity contribution in [2.45, 2.75) is 19.6 Å². The number of rotatable bonds is 15. The minimum absolute atomic E-state index is 0. The smallest absolute Gasteiger partial charge is 0.744 e. The molecule has 40 heteroatoms. The summed E-state index contributed by atoms with van der Waals surface area (Å²) >= 11 is 12.1. The Labute approximate surface area is 539 Å². The molecule has 0 atom stereocenters. The number of aromatic nitrogens is 6. The third-order valence-corrected chi connectivity index (χ3v) is 13.3. The van der Waals surface area contributed by atoms with Crippen molar-refractivity contribution in [2.75, 3.05) is 26.7 Å². The number of hydrogen-bond acceptors (Lipinski definition) is 28. The molecule has 0 saturated carbocycles. The summed E-state index contributed by atoms with van der Waals surface area (Å²) < 4.78 is 181. The Balaban J connectivity index is 0.00000375. The molecule has 74 heavy (non-hydrogen) atoms. The molecule has 2 heterocycles. The van der Waals surface area contributed by atoms with Crippen molar-refractivity contribution >= 4 is 144 Å². The quantitative estimate of drug-likeness (QED) is 0.0362. The van der Waals surface area contributed by atoms with Crippen molar-refractivity contribution in [3.8, 4) is 0 Å². The minimum Gasteiger partial charge on any atom is -0.744 e. The molecule has 1 aliphatic rings. The van der Waals surface area contributed by atoms with Crippen molar-refractivity contribution in [3.05, 3.63) is 105 Å². The van der Waals surface area contributed by atoms with E-state index in [0.29, 0.717) is 18.2 Å². The summed E-state index contributed by atoms with van der Waals surface area (Å²) in [6, 6.07) is 13.0. The summed E-state index contributed by atoms with van der Waals surface area (Å²) in [7, 11) is -26.5. The van der Waals surface area contributed by atoms with E-state index in [1.807, 2.05) is 0 Å². The number of anilines is 9. The molecule has 0 unspecified atom stereocenters. The van der Waals surface area contributed by atoms with Gasteiger partial charge in [-0.3, -0.25) is 10.2 Å². The van der Waals surface area contributed by atoms with Crippen molar-refractivity contribution in [3.63, 3.8) is 0 Å². The van der Waals surface area contributed by atoms with Crippen LogP contribution in [-0.4, -0.2) is 106 Å². The Kier molecular flexibility index (Phi) is 24.7. The van der Waals surface area contributed by atoms with Crippen LogP contribution in [0, 0.1) is 0 Å². The van der Waals surface area contributed by atoms with Gasteiger partial charge in [-0.1, -0.05) is 18.2 Å². The van der Waals surface area contributed by atoms with E-state index < -0.39 is 137 Å². The molecule has 28 nitrogen and oxygen atoms in total. The average molecular weight is 1200 g/mol. The van der Waals surface area contributed by atoms with Gasteiger partial charge in [-0.2, -0.15) is 35.0 Å². The van der Waals surface area contributed by atoms with E-state index in [1.165, 1.54) is 24.3 Å². The number of Topliss-reactive ketones (excluding diaryl/α,β-unsaturated/α-hetero) is 1. The molecular weight excluding hydrogens is 1180 g/mol. The molecule has 360 valence electrons. The van der Waals surface area contributed by atoms with Crippen LogP contribution >= 0.6 is 23.2 Å². The summed E-state index contributed by atoms with van der Waals surface area (Å²) in [6.45, 7) is 0. The summed E-state index contributed by atoms with van der Waals surface area (Å²) in [5.41, 5.74) is -2.38. The van der Waals surface area contributed by atoms with Crippen LogP contribution in [0.2, 0.25) is 10.6 Å². The third-order valence-electron chi connectivity index (χ3n) is 8.70. The second kappa shape index (κ2) is 26.8. The maximum atomic E-state index is 14.1. The summed E-state index contributed by atoms with van der Waals surface area (Å²) in [5, 5.41) is 12.5. The normalized spacial score (nSPS) is 12.9. The molecule has 0 saturated heterocycles. The monoisotopic (exact) mass is 1200 g/mol. The fourth-order valence-electron chi connectivity index (χ4n) is 5.94. The summed E-state index contributed by atoms with van der Waals surface area (Å²) in [6.07, 6.45) is 0.477. The number of nitrogens with one attached hydrogen (secondary N) is 5. The van der Waals surface area contributed by atoms with Crippen LogP contribution in [0.3, 0.4) is 0 Å². The molecule has 4 aromatic carbocycles. The molecule has 1 aliphatic carbocycles. The van der Waals surface area contributed by atoms with E-state index in [0.717, 1.165) is 42.5 Å². The number of nitrogens with zero attached hydrogens (tertiary/aromatic N) is 7. The zero-order chi connectivity index (χ0) is 50.4. The molecule has 0 amide bonds. The van der Waals surface area contributed by atoms with Gasteiger partial charge in [0.1, 0.15) is 56.3 Å². The molecule has 0 bridgehead atoms. The van der Waals surface area contributed by atoms with Crippen LogP contribution in [0.25, 0.3) is 6.08 Å². The third kappa shape index (κ3) is 17.3. The standard InChI is InChI=1S/C34H24Cl2N12O16S5.5Na/c35-29-41-31(37-16-4-3-5-18(12-16)65(50,51)52)45-32(42-29)38-17-8-9-20(24(13-17)68(59,60)61)39-33-43-30(36)44-34(46-33)40-22-14-19(66(53,54)55)10-15-11-25(69(62,63)64)27(28(49)26(15)22)48-47-21-6-1-2-7-23(21)67(56,57)58;;;;;/h1-14,47H,(H,50,51,52)(H,53,54,55)(H,56,57,58)(H,59,60,61)(H,62,63,64)(H2,37,38,41,42,45)(H2,39,40,43,44,46);;;;;/q;5*+1/p-5/b48-27+;;;;;. The van der Waals surface area contributed by atoms with E-state index in [9.17, 15) is 69.6 Å². The Bertz CT molecular complexity index is 3840. The molecular formula is C34H19Cl2N12Na5O16S5. The van der Waals surface area contributed by atoms with Crippen molar-refractivity contribution in [1.82, 2.24) is 29.9 Å². The van der Waals surface area contributed by atoms with Crippen molar-refractivity contribution < 1.29 is 217 Å². The number of ketones is 1. The van der Waals surface area contributed by atoms with E-state index in [1.54, 1.807) is 0 Å². The number of halogens is 2. The molecule has 6 aromatic rings. The van der Waals surface area contributed by atoms with Crippen LogP contribution in [0.4, 0.5) is 52.2 Å². The zero-order valence-electron chi connectivity index (χ0n) is 38.0. The van der Waals surface area contributed by atoms with Crippen molar-refractivity contribution in [1.29, 1.82) is 0 Å². The minimum atomic E-state index is -5.68. The largest absolute Gasteiger partial charge is 1.00 e. The van der Waals surface area contributed by atoms with Gasteiger partial charge in [0.05, 0.1) is 47.1 Å². The number of hydrogen-bond donors (Lipinski definition) is 5. The predicted octanol–water partition coefficient (Wildman–Crippen LogP) is -12.5. The van der Waals surface area contributed by atoms with Crippen LogP contribution in [-0.2, 0) is 50.6 Å². The fourth-order valence-corrected chi connectivity index (χ4v) is 9.24. The molecule has 2 aromatic heterocycles. The van der Waals surface area contributed by atoms with Crippen LogP contribution in [0.15, 0.2) is 108 Å². The number of carbonyl (C=O) groups is 1. The Morgan fingerprint density at radius 2 is 0.959 bits per heavy atom. The average Bonchev–Trinajstić information content (AvgIpc) is 3.21. The summed E-state index contributed by atoms with van der Waals surface area (Å²) in [4.78, 5) is 32.5. The van der Waals surface area contributed by atoms with Gasteiger partial charge in [0.2, 0.25) is 40.1 Å². The Morgan fingerprint density at radius 1 is 0.459 bits per heavy atom. The first-order valence-electron chi connectivity index (χ1n) is 17.9. The molecule has 7 rings (SSSR count). The van der Waals surface area contributed by atoms with Gasteiger partial charge in [-0.25, -0.2) is 42.1 Å². The van der Waals surface area contributed by atoms with Gasteiger partial charge in [0.15, 0.2) is 0 Å². The summed E-state index contributed by atoms with van der Waals surface area (Å²) in [5.74, 6) is -3.43. The molecule has 5 N–H and O–H groups in total. The van der Waals surface area contributed by atoms with Gasteiger partial charge < -0.3 is 44.0 Å². The second-order valence-corrected chi connectivity index (χ2v) is 20.8. The second-order valence-electron chi connectivity index (χ2n) is 13.4. The van der Waals surface area contributed by atoms with Crippen LogP contribution in [0.1, 0.15) is 15.9 Å². The van der Waals surface area contributed by atoms with Gasteiger partial charge in [0, 0.05) is 11.4 Å². The molecule has 0 fully saturated rings. The molecule has 0 radical (unpaired) electrons. The van der Waals surface area contributed by atoms with E-state index in [2.05, 4.69) is 61.7 Å². The van der Waals surface area contributed by atoms with E-state index in [-0.39, 0.29) is 171 Å². The van der Waals surface area contributed by atoms with E-state index in [4.69, 9.17) is 23.2 Å². The van der Waals surface area contributed by atoms with Gasteiger partial charge >= 0.3 is 148 Å². The number of fused-ring (bicyclic) bond motifs is 1. The fraction of sp³-hybridized carbons (Fsp3) is 0. The number of allylic oxidation sites excluding steroid dienone is 1.